The fourth-order valence-corrected chi connectivity index (χ4v) is 3.48. The Morgan fingerprint density at radius 1 is 1.19 bits per heavy atom. The summed E-state index contributed by atoms with van der Waals surface area (Å²) in [4.78, 5) is 7.98. The van der Waals surface area contributed by atoms with Crippen molar-refractivity contribution in [2.45, 2.75) is 12.8 Å². The van der Waals surface area contributed by atoms with Gasteiger partial charge in [-0.2, -0.15) is 5.10 Å². The second-order valence-corrected chi connectivity index (χ2v) is 7.12. The van der Waals surface area contributed by atoms with Gasteiger partial charge in [0.25, 0.3) is 0 Å². The molecular weight excluding hydrogens is 469 g/mol. The summed E-state index contributed by atoms with van der Waals surface area (Å²) in [5, 5.41) is 9.83. The Kier molecular flexibility index (Phi) is 8.80. The van der Waals surface area contributed by atoms with Gasteiger partial charge in [0.1, 0.15) is 0 Å². The van der Waals surface area contributed by atoms with Crippen LogP contribution in [-0.4, -0.2) is 47.8 Å². The zero-order valence-corrected chi connectivity index (χ0v) is 18.9. The lowest BCUT2D eigenvalue weighted by Crippen LogP contribution is -2.40. The maximum Gasteiger partial charge on any atom is 0.193 e. The van der Waals surface area contributed by atoms with Crippen molar-refractivity contribution < 1.29 is 0 Å². The van der Waals surface area contributed by atoms with Crippen LogP contribution in [0.25, 0.3) is 5.69 Å². The zero-order valence-electron chi connectivity index (χ0n) is 15.7. The molecule has 0 aliphatic heterocycles. The molecule has 0 saturated heterocycles. The monoisotopic (exact) mass is 495 g/mol. The van der Waals surface area contributed by atoms with Crippen LogP contribution in [0, 0.1) is 0 Å². The van der Waals surface area contributed by atoms with Crippen molar-refractivity contribution in [1.82, 2.24) is 20.0 Å². The highest BCUT2D eigenvalue weighted by molar-refractivity contribution is 14.0. The van der Waals surface area contributed by atoms with E-state index in [9.17, 15) is 0 Å². The molecule has 0 aliphatic rings. The second kappa shape index (κ2) is 11.1. The molecule has 0 aliphatic carbocycles. The highest BCUT2D eigenvalue weighted by Crippen LogP contribution is 2.10. The number of aromatic nitrogens is 2. The predicted octanol–water partition coefficient (Wildman–Crippen LogP) is 3.84. The summed E-state index contributed by atoms with van der Waals surface area (Å²) in [5.74, 6) is 0.940. The lowest BCUT2D eigenvalue weighted by Gasteiger charge is -2.21. The van der Waals surface area contributed by atoms with Gasteiger partial charge in [0.2, 0.25) is 0 Å². The molecule has 0 spiro atoms. The van der Waals surface area contributed by atoms with Gasteiger partial charge in [-0.15, -0.1) is 35.3 Å². The quantitative estimate of drug-likeness (QED) is 0.308. The minimum Gasteiger partial charge on any atom is -0.356 e. The van der Waals surface area contributed by atoms with Gasteiger partial charge >= 0.3 is 0 Å². The van der Waals surface area contributed by atoms with Crippen LogP contribution in [-0.2, 0) is 12.8 Å². The molecule has 1 aromatic carbocycles. The van der Waals surface area contributed by atoms with Gasteiger partial charge in [-0.3, -0.25) is 4.99 Å². The fourth-order valence-electron chi connectivity index (χ4n) is 2.78. The van der Waals surface area contributed by atoms with Crippen molar-refractivity contribution in [1.29, 1.82) is 0 Å². The minimum atomic E-state index is 0. The Balaban J connectivity index is 0.00000261. The third-order valence-corrected chi connectivity index (χ3v) is 5.19. The molecule has 0 unspecified atom stereocenters. The topological polar surface area (TPSA) is 45.5 Å². The molecule has 0 amide bonds. The molecule has 0 saturated carbocycles. The summed E-state index contributed by atoms with van der Waals surface area (Å²) >= 11 is 1.81. The first-order valence-electron chi connectivity index (χ1n) is 8.79. The fraction of sp³-hybridized carbons (Fsp3) is 0.300. The summed E-state index contributed by atoms with van der Waals surface area (Å²) in [6, 6.07) is 14.7. The third kappa shape index (κ3) is 6.35. The van der Waals surface area contributed by atoms with Crippen LogP contribution in [0.4, 0.5) is 0 Å². The maximum absolute atomic E-state index is 4.39. The van der Waals surface area contributed by atoms with E-state index in [1.54, 1.807) is 17.5 Å². The summed E-state index contributed by atoms with van der Waals surface area (Å²) in [6.07, 6.45) is 5.74. The Morgan fingerprint density at radius 3 is 2.63 bits per heavy atom. The van der Waals surface area contributed by atoms with Gasteiger partial charge in [0.05, 0.1) is 5.69 Å². The molecular formula is C20H26IN5S. The van der Waals surface area contributed by atoms with E-state index in [0.717, 1.165) is 37.6 Å². The standard InChI is InChI=1S/C20H25N5S.HI/c1-21-20(24(2)15-11-19-5-3-16-26-19)22-13-10-17-6-8-18(9-7-17)25-14-4-12-23-25;/h3-9,12,14,16H,10-11,13,15H2,1-2H3,(H,21,22);1H. The van der Waals surface area contributed by atoms with Crippen LogP contribution in [0.1, 0.15) is 10.4 Å². The van der Waals surface area contributed by atoms with Gasteiger partial charge < -0.3 is 10.2 Å². The second-order valence-electron chi connectivity index (χ2n) is 6.09. The van der Waals surface area contributed by atoms with E-state index in [2.05, 4.69) is 69.1 Å². The zero-order chi connectivity index (χ0) is 18.2. The van der Waals surface area contributed by atoms with Gasteiger partial charge in [-0.05, 0) is 48.1 Å². The van der Waals surface area contributed by atoms with E-state index in [1.807, 2.05) is 24.0 Å². The number of thiophene rings is 1. The number of rotatable bonds is 7. The highest BCUT2D eigenvalue weighted by Gasteiger charge is 2.06. The van der Waals surface area contributed by atoms with E-state index in [4.69, 9.17) is 0 Å². The lowest BCUT2D eigenvalue weighted by atomic mass is 10.1. The van der Waals surface area contributed by atoms with Gasteiger partial charge in [-0.25, -0.2) is 4.68 Å². The summed E-state index contributed by atoms with van der Waals surface area (Å²) in [5.41, 5.74) is 2.38. The Morgan fingerprint density at radius 2 is 2.00 bits per heavy atom. The van der Waals surface area contributed by atoms with Crippen molar-refractivity contribution in [2.75, 3.05) is 27.2 Å². The Labute approximate surface area is 182 Å². The molecule has 144 valence electrons. The number of likely N-dealkylation sites (N-methyl/N-ethyl adjacent to an activating group) is 1. The average Bonchev–Trinajstić information content (AvgIpc) is 3.38. The number of guanidine groups is 1. The number of nitrogens with zero attached hydrogens (tertiary/aromatic N) is 4. The van der Waals surface area contributed by atoms with Crippen molar-refractivity contribution >= 4 is 41.3 Å². The SMILES string of the molecule is CN=C(NCCc1ccc(-n2cccn2)cc1)N(C)CCc1cccs1.I. The van der Waals surface area contributed by atoms with Crippen LogP contribution in [0.3, 0.4) is 0 Å². The van der Waals surface area contributed by atoms with E-state index >= 15 is 0 Å². The first-order chi connectivity index (χ1) is 12.8. The van der Waals surface area contributed by atoms with Crippen LogP contribution >= 0.6 is 35.3 Å². The van der Waals surface area contributed by atoms with Crippen molar-refractivity contribution in [3.8, 4) is 5.69 Å². The van der Waals surface area contributed by atoms with Crippen molar-refractivity contribution in [3.05, 3.63) is 70.7 Å². The van der Waals surface area contributed by atoms with Crippen molar-refractivity contribution in [3.63, 3.8) is 0 Å². The number of hydrogen-bond donors (Lipinski definition) is 1. The number of benzene rings is 1. The molecule has 5 nitrogen and oxygen atoms in total. The Bertz CT molecular complexity index is 798. The number of nitrogens with one attached hydrogen (secondary N) is 1. The van der Waals surface area contributed by atoms with Crippen LogP contribution in [0.2, 0.25) is 0 Å². The summed E-state index contributed by atoms with van der Waals surface area (Å²) in [6.45, 7) is 1.82. The third-order valence-electron chi connectivity index (χ3n) is 4.25. The molecule has 2 heterocycles. The first kappa shape index (κ1) is 21.4. The van der Waals surface area contributed by atoms with E-state index in [1.165, 1.54) is 10.4 Å². The van der Waals surface area contributed by atoms with E-state index < -0.39 is 0 Å². The van der Waals surface area contributed by atoms with Crippen LogP contribution < -0.4 is 5.32 Å². The van der Waals surface area contributed by atoms with Crippen molar-refractivity contribution in [2.24, 2.45) is 4.99 Å². The molecule has 0 radical (unpaired) electrons. The molecule has 27 heavy (non-hydrogen) atoms. The van der Waals surface area contributed by atoms with Gasteiger partial charge in [0, 0.05) is 44.5 Å². The van der Waals surface area contributed by atoms with Crippen LogP contribution in [0.15, 0.2) is 65.2 Å². The lowest BCUT2D eigenvalue weighted by molar-refractivity contribution is 0.487. The number of halogens is 1. The number of hydrogen-bond acceptors (Lipinski definition) is 3. The first-order valence-corrected chi connectivity index (χ1v) is 9.67. The smallest absolute Gasteiger partial charge is 0.193 e. The van der Waals surface area contributed by atoms with Gasteiger partial charge in [-0.1, -0.05) is 18.2 Å². The normalized spacial score (nSPS) is 11.1. The number of aliphatic imine (C=N–C) groups is 1. The molecule has 7 heteroatoms. The Hall–Kier alpha value is -1.87. The largest absolute Gasteiger partial charge is 0.356 e. The maximum atomic E-state index is 4.39. The van der Waals surface area contributed by atoms with Gasteiger partial charge in [0.15, 0.2) is 5.96 Å². The average molecular weight is 495 g/mol. The van der Waals surface area contributed by atoms with E-state index in [0.29, 0.717) is 0 Å². The molecule has 3 aromatic rings. The molecule has 1 N–H and O–H groups in total. The minimum absolute atomic E-state index is 0. The predicted molar refractivity (Wildman–Crippen MR) is 125 cm³/mol. The molecule has 2 aromatic heterocycles. The molecule has 3 rings (SSSR count). The molecule has 0 atom stereocenters. The van der Waals surface area contributed by atoms with Crippen LogP contribution in [0.5, 0.6) is 0 Å². The van der Waals surface area contributed by atoms with E-state index in [-0.39, 0.29) is 24.0 Å². The summed E-state index contributed by atoms with van der Waals surface area (Å²) < 4.78 is 1.87. The molecule has 0 bridgehead atoms. The summed E-state index contributed by atoms with van der Waals surface area (Å²) in [7, 11) is 3.92. The highest BCUT2D eigenvalue weighted by atomic mass is 127. The molecule has 0 fully saturated rings.